The number of hydrogen-bond acceptors (Lipinski definition) is 7. The summed E-state index contributed by atoms with van der Waals surface area (Å²) in [5, 5.41) is 3.46. The summed E-state index contributed by atoms with van der Waals surface area (Å²) in [6.07, 6.45) is 3.63. The van der Waals surface area contributed by atoms with E-state index in [4.69, 9.17) is 9.47 Å². The van der Waals surface area contributed by atoms with Crippen molar-refractivity contribution >= 4 is 39.1 Å². The first-order valence-corrected chi connectivity index (χ1v) is 13.3. The van der Waals surface area contributed by atoms with Crippen LogP contribution in [0.2, 0.25) is 0 Å². The van der Waals surface area contributed by atoms with E-state index in [0.717, 1.165) is 67.0 Å². The smallest absolute Gasteiger partial charge is 0.250 e. The number of nitrogens with zero attached hydrogens (tertiary/aromatic N) is 2. The van der Waals surface area contributed by atoms with Crippen LogP contribution in [0.1, 0.15) is 5.56 Å². The second-order valence-electron chi connectivity index (χ2n) is 8.58. The molecular weight excluding hydrogens is 540 g/mol. The largest absolute Gasteiger partial charge is 0.454 e. The highest BCUT2D eigenvalue weighted by atomic mass is 79.9. The predicted molar refractivity (Wildman–Crippen MR) is 145 cm³/mol. The van der Waals surface area contributed by atoms with E-state index in [9.17, 15) is 4.79 Å². The van der Waals surface area contributed by atoms with E-state index < -0.39 is 0 Å². The first-order valence-electron chi connectivity index (χ1n) is 11.7. The summed E-state index contributed by atoms with van der Waals surface area (Å²) in [6.45, 7) is 3.53. The normalized spacial score (nSPS) is 14.5. The van der Waals surface area contributed by atoms with Gasteiger partial charge in [-0.05, 0) is 64.0 Å². The van der Waals surface area contributed by atoms with Crippen molar-refractivity contribution in [3.8, 4) is 22.8 Å². The lowest BCUT2D eigenvalue weighted by molar-refractivity contribution is 0.122. The van der Waals surface area contributed by atoms with Crippen LogP contribution in [0.3, 0.4) is 0 Å². The minimum absolute atomic E-state index is 0.133. The Morgan fingerprint density at radius 1 is 1.06 bits per heavy atom. The minimum atomic E-state index is -0.133. The van der Waals surface area contributed by atoms with Crippen LogP contribution in [-0.2, 0) is 11.3 Å². The molecule has 0 saturated carbocycles. The molecule has 7 nitrogen and oxygen atoms in total. The number of nitrogens with one attached hydrogen (secondary N) is 2. The summed E-state index contributed by atoms with van der Waals surface area (Å²) in [4.78, 5) is 24.0. The Labute approximate surface area is 221 Å². The maximum Gasteiger partial charge on any atom is 0.250 e. The highest BCUT2D eigenvalue weighted by Crippen LogP contribution is 2.51. The molecular formula is C27H23BrN4O3S. The molecule has 2 aliphatic rings. The van der Waals surface area contributed by atoms with Crippen LogP contribution >= 0.6 is 27.7 Å². The number of pyridine rings is 2. The third-order valence-electron chi connectivity index (χ3n) is 6.11. The van der Waals surface area contributed by atoms with Crippen molar-refractivity contribution in [2.24, 2.45) is 0 Å². The Morgan fingerprint density at radius 2 is 1.94 bits per heavy atom. The Bertz CT molecular complexity index is 1490. The average molecular weight is 563 g/mol. The van der Waals surface area contributed by atoms with Crippen molar-refractivity contribution in [1.29, 1.82) is 0 Å². The second-order valence-corrected chi connectivity index (χ2v) is 10.6. The van der Waals surface area contributed by atoms with Gasteiger partial charge in [-0.3, -0.25) is 9.78 Å². The topological polar surface area (TPSA) is 79.5 Å². The van der Waals surface area contributed by atoms with Crippen molar-refractivity contribution in [3.63, 3.8) is 0 Å². The summed E-state index contributed by atoms with van der Waals surface area (Å²) in [5.41, 5.74) is 4.47. The Kier molecular flexibility index (Phi) is 6.43. The first-order chi connectivity index (χ1) is 17.6. The number of anilines is 2. The van der Waals surface area contributed by atoms with Crippen LogP contribution in [-0.4, -0.2) is 36.3 Å². The van der Waals surface area contributed by atoms with Gasteiger partial charge in [0.15, 0.2) is 5.75 Å². The molecule has 0 radical (unpaired) electrons. The fourth-order valence-corrected chi connectivity index (χ4v) is 5.80. The monoisotopic (exact) mass is 562 g/mol. The third-order valence-corrected chi connectivity index (χ3v) is 7.62. The third kappa shape index (κ3) is 4.86. The quantitative estimate of drug-likeness (QED) is 0.276. The van der Waals surface area contributed by atoms with E-state index in [0.29, 0.717) is 19.8 Å². The van der Waals surface area contributed by atoms with Gasteiger partial charge in [-0.2, -0.15) is 0 Å². The molecule has 36 heavy (non-hydrogen) atoms. The van der Waals surface area contributed by atoms with Gasteiger partial charge >= 0.3 is 0 Å². The molecule has 2 N–H and O–H groups in total. The number of aromatic amines is 1. The second kappa shape index (κ2) is 10.0. The van der Waals surface area contributed by atoms with Crippen LogP contribution in [0.4, 0.5) is 11.4 Å². The van der Waals surface area contributed by atoms with Crippen LogP contribution in [0.5, 0.6) is 11.5 Å². The molecule has 0 unspecified atom stereocenters. The highest BCUT2D eigenvalue weighted by molar-refractivity contribution is 9.10. The number of rotatable bonds is 5. The van der Waals surface area contributed by atoms with Crippen molar-refractivity contribution in [3.05, 3.63) is 87.4 Å². The van der Waals surface area contributed by atoms with Crippen LogP contribution in [0.15, 0.2) is 86.0 Å². The van der Waals surface area contributed by atoms with Crippen LogP contribution in [0, 0.1) is 0 Å². The fourth-order valence-electron chi connectivity index (χ4n) is 4.36. The molecule has 2 aromatic heterocycles. The van der Waals surface area contributed by atoms with Gasteiger partial charge in [0.1, 0.15) is 5.75 Å². The molecule has 0 spiro atoms. The maximum absolute atomic E-state index is 12.5. The van der Waals surface area contributed by atoms with Crippen molar-refractivity contribution < 1.29 is 9.47 Å². The number of halogens is 1. The van der Waals surface area contributed by atoms with Crippen LogP contribution < -0.4 is 20.5 Å². The SMILES string of the molecule is O=c1cc(N2CCOCC2)cc(-c2cccc3c2Oc2ccc(NCc4cncc(Br)c4)cc2S3)[nH]1. The van der Waals surface area contributed by atoms with Crippen LogP contribution in [0.25, 0.3) is 11.3 Å². The lowest BCUT2D eigenvalue weighted by atomic mass is 10.1. The van der Waals surface area contributed by atoms with Gasteiger partial charge in [-0.15, -0.1) is 0 Å². The lowest BCUT2D eigenvalue weighted by Crippen LogP contribution is -2.36. The van der Waals surface area contributed by atoms with Gasteiger partial charge < -0.3 is 24.7 Å². The molecule has 6 rings (SSSR count). The Morgan fingerprint density at radius 3 is 2.81 bits per heavy atom. The van der Waals surface area contributed by atoms with Crippen molar-refractivity contribution in [2.45, 2.75) is 16.3 Å². The number of hydrogen-bond donors (Lipinski definition) is 2. The van der Waals surface area contributed by atoms with Gasteiger partial charge in [0.25, 0.3) is 0 Å². The summed E-state index contributed by atoms with van der Waals surface area (Å²) in [5.74, 6) is 1.55. The molecule has 1 saturated heterocycles. The van der Waals surface area contributed by atoms with Gasteiger partial charge in [-0.1, -0.05) is 17.8 Å². The number of morpholine rings is 1. The molecule has 2 aromatic carbocycles. The standard InChI is InChI=1S/C27H23BrN4O3S/c28-18-10-17(14-29-16-18)15-30-19-4-5-23-25(11-19)36-24-3-1-2-21(27(24)35-23)22-12-20(13-26(33)31-22)32-6-8-34-9-7-32/h1-5,10-14,16,30H,6-9,15H2,(H,31,33). The number of benzene rings is 2. The minimum Gasteiger partial charge on any atom is -0.454 e. The molecule has 0 aliphatic carbocycles. The zero-order valence-electron chi connectivity index (χ0n) is 19.3. The highest BCUT2D eigenvalue weighted by Gasteiger charge is 2.23. The predicted octanol–water partition coefficient (Wildman–Crippen LogP) is 5.91. The molecule has 4 aromatic rings. The number of ether oxygens (including phenoxy) is 2. The Hall–Kier alpha value is -3.27. The molecule has 1 fully saturated rings. The lowest BCUT2D eigenvalue weighted by Gasteiger charge is -2.29. The zero-order valence-corrected chi connectivity index (χ0v) is 21.7. The van der Waals surface area contributed by atoms with Crippen molar-refractivity contribution in [1.82, 2.24) is 9.97 Å². The summed E-state index contributed by atoms with van der Waals surface area (Å²) >= 11 is 5.13. The molecule has 2 aliphatic heterocycles. The summed E-state index contributed by atoms with van der Waals surface area (Å²) in [6, 6.07) is 17.8. The molecule has 182 valence electrons. The maximum atomic E-state index is 12.5. The number of aromatic nitrogens is 2. The molecule has 0 bridgehead atoms. The van der Waals surface area contributed by atoms with E-state index in [1.54, 1.807) is 24.0 Å². The van der Waals surface area contributed by atoms with E-state index in [-0.39, 0.29) is 5.56 Å². The van der Waals surface area contributed by atoms with Crippen molar-refractivity contribution in [2.75, 3.05) is 36.5 Å². The molecule has 0 atom stereocenters. The number of H-pyrrole nitrogens is 1. The number of para-hydroxylation sites is 1. The summed E-state index contributed by atoms with van der Waals surface area (Å²) < 4.78 is 12.8. The number of fused-ring (bicyclic) bond motifs is 2. The van der Waals surface area contributed by atoms with E-state index in [2.05, 4.69) is 42.2 Å². The van der Waals surface area contributed by atoms with E-state index in [1.807, 2.05) is 48.7 Å². The molecule has 4 heterocycles. The first kappa shape index (κ1) is 23.1. The van der Waals surface area contributed by atoms with Gasteiger partial charge in [-0.25, -0.2) is 0 Å². The molecule has 9 heteroatoms. The van der Waals surface area contributed by atoms with Gasteiger partial charge in [0.2, 0.25) is 5.56 Å². The van der Waals surface area contributed by atoms with Gasteiger partial charge in [0, 0.05) is 59.5 Å². The zero-order chi connectivity index (χ0) is 24.5. The fraction of sp³-hybridized carbons (Fsp3) is 0.185. The molecule has 0 amide bonds. The van der Waals surface area contributed by atoms with E-state index in [1.165, 1.54) is 0 Å². The Balaban J connectivity index is 1.26. The van der Waals surface area contributed by atoms with Gasteiger partial charge in [0.05, 0.1) is 28.7 Å². The van der Waals surface area contributed by atoms with E-state index >= 15 is 0 Å². The summed E-state index contributed by atoms with van der Waals surface area (Å²) in [7, 11) is 0. The average Bonchev–Trinajstić information content (AvgIpc) is 2.90.